The van der Waals surface area contributed by atoms with Crippen LogP contribution in [0.3, 0.4) is 0 Å². The molecule has 0 bridgehead atoms. The normalized spacial score (nSPS) is 20.7. The molecule has 3 rings (SSSR count). The molecule has 0 spiro atoms. The predicted molar refractivity (Wildman–Crippen MR) is 96.5 cm³/mol. The minimum Gasteiger partial charge on any atom is -0.450 e. The molecule has 8 heteroatoms. The van der Waals surface area contributed by atoms with Crippen molar-refractivity contribution in [3.63, 3.8) is 0 Å². The Balaban J connectivity index is 1.52. The van der Waals surface area contributed by atoms with Crippen molar-refractivity contribution in [1.29, 1.82) is 0 Å². The van der Waals surface area contributed by atoms with Crippen LogP contribution in [0.5, 0.6) is 0 Å². The van der Waals surface area contributed by atoms with Crippen LogP contribution in [0.2, 0.25) is 0 Å². The van der Waals surface area contributed by atoms with Crippen molar-refractivity contribution in [2.45, 2.75) is 32.2 Å². The summed E-state index contributed by atoms with van der Waals surface area (Å²) in [6, 6.07) is 5.57. The molecule has 2 fully saturated rings. The average Bonchev–Trinajstić information content (AvgIpc) is 3.06. The van der Waals surface area contributed by atoms with E-state index in [2.05, 4.69) is 5.32 Å². The predicted octanol–water partition coefficient (Wildman–Crippen LogP) is 2.23. The fraction of sp³-hybridized carbons (Fsp3) is 0.526. The second kappa shape index (κ2) is 8.37. The maximum atomic E-state index is 13.0. The van der Waals surface area contributed by atoms with Gasteiger partial charge in [0.1, 0.15) is 5.82 Å². The van der Waals surface area contributed by atoms with E-state index in [4.69, 9.17) is 4.74 Å². The summed E-state index contributed by atoms with van der Waals surface area (Å²) in [6.45, 7) is 3.56. The number of benzene rings is 1. The highest BCUT2D eigenvalue weighted by molar-refractivity contribution is 5.97. The smallest absolute Gasteiger partial charge is 0.409 e. The third-order valence-electron chi connectivity index (χ3n) is 5.07. The van der Waals surface area contributed by atoms with Crippen molar-refractivity contribution in [2.24, 2.45) is 5.92 Å². The van der Waals surface area contributed by atoms with Gasteiger partial charge in [0.15, 0.2) is 0 Å². The summed E-state index contributed by atoms with van der Waals surface area (Å²) in [5.74, 6) is -1.07. The number of halogens is 1. The van der Waals surface area contributed by atoms with Crippen LogP contribution < -0.4 is 5.32 Å². The molecule has 27 heavy (non-hydrogen) atoms. The molecule has 0 aliphatic carbocycles. The standard InChI is InChI=1S/C19H24FN3O4/c1-2-27-19(26)22-9-7-16(8-10-22)23-12-13(11-17(23)24)18(25)21-15-5-3-14(20)4-6-15/h3-6,13,16H,2,7-12H2,1H3,(H,21,25). The number of rotatable bonds is 4. The number of anilines is 1. The SMILES string of the molecule is CCOC(=O)N1CCC(N2CC(C(=O)Nc3ccc(F)cc3)CC2=O)CC1. The molecule has 3 amide bonds. The molecule has 1 N–H and O–H groups in total. The molecule has 2 heterocycles. The number of ether oxygens (including phenoxy) is 1. The first kappa shape index (κ1) is 19.1. The number of carbonyl (C=O) groups is 3. The molecule has 2 aliphatic heterocycles. The molecule has 1 unspecified atom stereocenters. The molecule has 1 aromatic carbocycles. The monoisotopic (exact) mass is 377 g/mol. The highest BCUT2D eigenvalue weighted by Crippen LogP contribution is 2.26. The third kappa shape index (κ3) is 4.56. The van der Waals surface area contributed by atoms with Gasteiger partial charge in [0, 0.05) is 37.8 Å². The Labute approximate surface area is 157 Å². The number of nitrogens with zero attached hydrogens (tertiary/aromatic N) is 2. The van der Waals surface area contributed by atoms with Gasteiger partial charge < -0.3 is 19.9 Å². The van der Waals surface area contributed by atoms with Gasteiger partial charge in [0.05, 0.1) is 12.5 Å². The molecule has 0 aromatic heterocycles. The molecule has 2 aliphatic rings. The van der Waals surface area contributed by atoms with E-state index < -0.39 is 5.92 Å². The molecule has 0 saturated carbocycles. The van der Waals surface area contributed by atoms with E-state index in [-0.39, 0.29) is 36.2 Å². The van der Waals surface area contributed by atoms with Crippen LogP contribution >= 0.6 is 0 Å². The second-order valence-electron chi connectivity index (χ2n) is 6.86. The van der Waals surface area contributed by atoms with E-state index in [1.54, 1.807) is 16.7 Å². The zero-order valence-electron chi connectivity index (χ0n) is 15.3. The van der Waals surface area contributed by atoms with Gasteiger partial charge in [-0.1, -0.05) is 0 Å². The number of carbonyl (C=O) groups excluding carboxylic acids is 3. The first-order chi connectivity index (χ1) is 13.0. The fourth-order valence-electron chi connectivity index (χ4n) is 3.61. The lowest BCUT2D eigenvalue weighted by molar-refractivity contribution is -0.130. The highest BCUT2D eigenvalue weighted by atomic mass is 19.1. The molecule has 1 aromatic rings. The van der Waals surface area contributed by atoms with Gasteiger partial charge in [-0.15, -0.1) is 0 Å². The lowest BCUT2D eigenvalue weighted by Gasteiger charge is -2.36. The highest BCUT2D eigenvalue weighted by Gasteiger charge is 2.39. The van der Waals surface area contributed by atoms with E-state index in [1.165, 1.54) is 24.3 Å². The van der Waals surface area contributed by atoms with Crippen LogP contribution in [0.1, 0.15) is 26.2 Å². The van der Waals surface area contributed by atoms with Gasteiger partial charge in [0.25, 0.3) is 0 Å². The van der Waals surface area contributed by atoms with Crippen LogP contribution in [0.25, 0.3) is 0 Å². The first-order valence-corrected chi connectivity index (χ1v) is 9.25. The van der Waals surface area contributed by atoms with Gasteiger partial charge in [0.2, 0.25) is 11.8 Å². The van der Waals surface area contributed by atoms with Crippen LogP contribution in [0, 0.1) is 11.7 Å². The molecule has 1 atom stereocenters. The lowest BCUT2D eigenvalue weighted by atomic mass is 10.0. The van der Waals surface area contributed by atoms with Gasteiger partial charge in [-0.05, 0) is 44.0 Å². The zero-order valence-corrected chi connectivity index (χ0v) is 15.3. The van der Waals surface area contributed by atoms with Gasteiger partial charge in [-0.25, -0.2) is 9.18 Å². The zero-order chi connectivity index (χ0) is 19.4. The number of hydrogen-bond donors (Lipinski definition) is 1. The van der Waals surface area contributed by atoms with Crippen LogP contribution in [-0.2, 0) is 14.3 Å². The van der Waals surface area contributed by atoms with Crippen LogP contribution in [-0.4, -0.2) is 60.0 Å². The van der Waals surface area contributed by atoms with Crippen molar-refractivity contribution in [1.82, 2.24) is 9.80 Å². The quantitative estimate of drug-likeness (QED) is 0.873. The number of amides is 3. The maximum Gasteiger partial charge on any atom is 0.409 e. The van der Waals surface area contributed by atoms with Crippen molar-refractivity contribution in [3.05, 3.63) is 30.1 Å². The van der Waals surface area contributed by atoms with Crippen molar-refractivity contribution >= 4 is 23.6 Å². The number of piperidine rings is 1. The van der Waals surface area contributed by atoms with Crippen LogP contribution in [0.15, 0.2) is 24.3 Å². The second-order valence-corrected chi connectivity index (χ2v) is 6.86. The van der Waals surface area contributed by atoms with E-state index in [0.29, 0.717) is 44.8 Å². The molecular formula is C19H24FN3O4. The summed E-state index contributed by atoms with van der Waals surface area (Å²) >= 11 is 0. The summed E-state index contributed by atoms with van der Waals surface area (Å²) in [5, 5.41) is 2.74. The molecule has 2 saturated heterocycles. The topological polar surface area (TPSA) is 79.0 Å². The molecule has 146 valence electrons. The Morgan fingerprint density at radius 3 is 2.52 bits per heavy atom. The minimum absolute atomic E-state index is 0.0341. The average molecular weight is 377 g/mol. The molecule has 7 nitrogen and oxygen atoms in total. The Bertz CT molecular complexity index is 701. The summed E-state index contributed by atoms with van der Waals surface area (Å²) in [6.07, 6.45) is 1.21. The summed E-state index contributed by atoms with van der Waals surface area (Å²) in [7, 11) is 0. The Morgan fingerprint density at radius 1 is 1.22 bits per heavy atom. The number of hydrogen-bond acceptors (Lipinski definition) is 4. The third-order valence-corrected chi connectivity index (χ3v) is 5.07. The molecular weight excluding hydrogens is 353 g/mol. The first-order valence-electron chi connectivity index (χ1n) is 9.25. The van der Waals surface area contributed by atoms with Crippen molar-refractivity contribution < 1.29 is 23.5 Å². The maximum absolute atomic E-state index is 13.0. The largest absolute Gasteiger partial charge is 0.450 e. The van der Waals surface area contributed by atoms with Gasteiger partial charge >= 0.3 is 6.09 Å². The minimum atomic E-state index is -0.425. The van der Waals surface area contributed by atoms with Crippen LogP contribution in [0.4, 0.5) is 14.9 Å². The number of nitrogens with one attached hydrogen (secondary N) is 1. The van der Waals surface area contributed by atoms with E-state index >= 15 is 0 Å². The Kier molecular flexibility index (Phi) is 5.93. The summed E-state index contributed by atoms with van der Waals surface area (Å²) in [5.41, 5.74) is 0.509. The summed E-state index contributed by atoms with van der Waals surface area (Å²) in [4.78, 5) is 40.0. The fourth-order valence-corrected chi connectivity index (χ4v) is 3.61. The summed E-state index contributed by atoms with van der Waals surface area (Å²) < 4.78 is 18.0. The van der Waals surface area contributed by atoms with Crippen molar-refractivity contribution in [2.75, 3.05) is 31.6 Å². The van der Waals surface area contributed by atoms with Gasteiger partial charge in [-0.2, -0.15) is 0 Å². The van der Waals surface area contributed by atoms with E-state index in [1.807, 2.05) is 0 Å². The Morgan fingerprint density at radius 2 is 1.89 bits per heavy atom. The molecule has 0 radical (unpaired) electrons. The van der Waals surface area contributed by atoms with Gasteiger partial charge in [-0.3, -0.25) is 9.59 Å². The Hall–Kier alpha value is -2.64. The van der Waals surface area contributed by atoms with Crippen molar-refractivity contribution in [3.8, 4) is 0 Å². The number of likely N-dealkylation sites (tertiary alicyclic amines) is 2. The van der Waals surface area contributed by atoms with E-state index in [0.717, 1.165) is 0 Å². The lowest BCUT2D eigenvalue weighted by Crippen LogP contribution is -2.47. The van der Waals surface area contributed by atoms with E-state index in [9.17, 15) is 18.8 Å².